The Morgan fingerprint density at radius 3 is 2.70 bits per heavy atom. The molecule has 0 unspecified atom stereocenters. The molecule has 0 aliphatic rings. The van der Waals surface area contributed by atoms with Crippen molar-refractivity contribution in [2.24, 2.45) is 0 Å². The summed E-state index contributed by atoms with van der Waals surface area (Å²) in [4.78, 5) is 26.2. The number of carbonyl (C=O) groups is 2. The van der Waals surface area contributed by atoms with Gasteiger partial charge in [0, 0.05) is 19.0 Å². The zero-order chi connectivity index (χ0) is 15.0. The number of carbonyl (C=O) groups excluding carboxylic acids is 1. The maximum absolute atomic E-state index is 11.8. The van der Waals surface area contributed by atoms with Gasteiger partial charge in [-0.3, -0.25) is 9.59 Å². The Kier molecular flexibility index (Phi) is 6.49. The van der Waals surface area contributed by atoms with Crippen molar-refractivity contribution in [2.45, 2.75) is 45.6 Å². The van der Waals surface area contributed by atoms with Crippen LogP contribution in [0.4, 0.5) is 5.69 Å². The Labute approximate surface area is 118 Å². The lowest BCUT2D eigenvalue weighted by Gasteiger charge is -2.13. The second-order valence-corrected chi connectivity index (χ2v) is 4.67. The number of rotatable bonds is 8. The van der Waals surface area contributed by atoms with Gasteiger partial charge >= 0.3 is 5.97 Å². The maximum atomic E-state index is 11.8. The van der Waals surface area contributed by atoms with Crippen LogP contribution in [-0.4, -0.2) is 28.1 Å². The first-order chi connectivity index (χ1) is 9.49. The molecule has 0 spiro atoms. The highest BCUT2D eigenvalue weighted by Crippen LogP contribution is 2.22. The van der Waals surface area contributed by atoms with Gasteiger partial charge in [0.15, 0.2) is 0 Å². The molecule has 6 heteroatoms. The van der Waals surface area contributed by atoms with Gasteiger partial charge in [-0.15, -0.1) is 0 Å². The lowest BCUT2D eigenvalue weighted by molar-refractivity contribution is -0.137. The number of pyridine rings is 1. The summed E-state index contributed by atoms with van der Waals surface area (Å²) >= 11 is 0. The van der Waals surface area contributed by atoms with E-state index in [1.807, 2.05) is 13.8 Å². The molecule has 6 nitrogen and oxygen atoms in total. The first-order valence-corrected chi connectivity index (χ1v) is 6.62. The number of nitrogens with zero attached hydrogens (tertiary/aromatic N) is 1. The van der Waals surface area contributed by atoms with Crippen molar-refractivity contribution in [1.29, 1.82) is 0 Å². The van der Waals surface area contributed by atoms with Crippen molar-refractivity contribution >= 4 is 17.6 Å². The van der Waals surface area contributed by atoms with Crippen LogP contribution in [0.3, 0.4) is 0 Å². The molecule has 20 heavy (non-hydrogen) atoms. The van der Waals surface area contributed by atoms with E-state index in [1.165, 1.54) is 0 Å². The molecule has 2 N–H and O–H groups in total. The van der Waals surface area contributed by atoms with Gasteiger partial charge in [0.05, 0.1) is 6.10 Å². The van der Waals surface area contributed by atoms with Gasteiger partial charge < -0.3 is 15.2 Å². The molecule has 1 rings (SSSR count). The quantitative estimate of drug-likeness (QED) is 0.714. The number of amides is 1. The number of ether oxygens (including phenoxy) is 1. The third kappa shape index (κ3) is 6.17. The molecule has 0 aliphatic carbocycles. The summed E-state index contributed by atoms with van der Waals surface area (Å²) in [7, 11) is 0. The minimum Gasteiger partial charge on any atom is -0.481 e. The van der Waals surface area contributed by atoms with Crippen LogP contribution in [0, 0.1) is 0 Å². The van der Waals surface area contributed by atoms with E-state index in [0.29, 0.717) is 24.4 Å². The first-order valence-electron chi connectivity index (χ1n) is 6.62. The number of hydrogen-bond donors (Lipinski definition) is 2. The third-order valence-electron chi connectivity index (χ3n) is 2.44. The van der Waals surface area contributed by atoms with Crippen molar-refractivity contribution in [1.82, 2.24) is 4.98 Å². The van der Waals surface area contributed by atoms with E-state index >= 15 is 0 Å². The summed E-state index contributed by atoms with van der Waals surface area (Å²) < 4.78 is 5.50. The number of carboxylic acid groups (broad SMARTS) is 1. The Balaban J connectivity index is 2.47. The fraction of sp³-hybridized carbons (Fsp3) is 0.500. The molecule has 0 fully saturated rings. The lowest BCUT2D eigenvalue weighted by Crippen LogP contribution is -2.14. The highest BCUT2D eigenvalue weighted by Gasteiger charge is 2.10. The van der Waals surface area contributed by atoms with E-state index < -0.39 is 5.97 Å². The number of unbranched alkanes of at least 4 members (excludes halogenated alkanes) is 1. The van der Waals surface area contributed by atoms with E-state index in [1.54, 1.807) is 18.3 Å². The van der Waals surface area contributed by atoms with Crippen molar-refractivity contribution in [3.05, 3.63) is 18.3 Å². The van der Waals surface area contributed by atoms with Gasteiger partial charge in [-0.05, 0) is 38.8 Å². The number of aliphatic carboxylic acids is 1. The minimum absolute atomic E-state index is 0.0314. The number of anilines is 1. The van der Waals surface area contributed by atoms with E-state index in [9.17, 15) is 9.59 Å². The lowest BCUT2D eigenvalue weighted by atomic mass is 10.2. The molecular formula is C14H20N2O4. The summed E-state index contributed by atoms with van der Waals surface area (Å²) in [5.74, 6) is -0.622. The standard InChI is InChI=1S/C14H20N2O4/c1-10(2)20-14-11(6-5-9-15-14)16-12(17)7-3-4-8-13(18)19/h5-6,9-10H,3-4,7-8H2,1-2H3,(H,16,17)(H,18,19). The number of aromatic nitrogens is 1. The number of carboxylic acids is 1. The first kappa shape index (κ1) is 15.9. The van der Waals surface area contributed by atoms with Crippen LogP contribution in [0.1, 0.15) is 39.5 Å². The fourth-order valence-corrected chi connectivity index (χ4v) is 1.58. The smallest absolute Gasteiger partial charge is 0.303 e. The van der Waals surface area contributed by atoms with Gasteiger partial charge in [0.2, 0.25) is 11.8 Å². The average molecular weight is 280 g/mol. The molecule has 0 bridgehead atoms. The SMILES string of the molecule is CC(C)Oc1ncccc1NC(=O)CCCCC(=O)O. The van der Waals surface area contributed by atoms with E-state index in [4.69, 9.17) is 9.84 Å². The van der Waals surface area contributed by atoms with Crippen LogP contribution < -0.4 is 10.1 Å². The molecule has 1 aromatic heterocycles. The summed E-state index contributed by atoms with van der Waals surface area (Å²) in [5.41, 5.74) is 0.532. The topological polar surface area (TPSA) is 88.5 Å². The Bertz CT molecular complexity index is 460. The molecule has 0 atom stereocenters. The number of hydrogen-bond acceptors (Lipinski definition) is 4. The van der Waals surface area contributed by atoms with Gasteiger partial charge in [0.1, 0.15) is 5.69 Å². The Morgan fingerprint density at radius 1 is 1.35 bits per heavy atom. The van der Waals surface area contributed by atoms with Crippen molar-refractivity contribution < 1.29 is 19.4 Å². The molecule has 1 heterocycles. The summed E-state index contributed by atoms with van der Waals surface area (Å²) in [6.07, 6.45) is 2.96. The molecule has 0 saturated heterocycles. The summed E-state index contributed by atoms with van der Waals surface area (Å²) in [6.45, 7) is 3.76. The van der Waals surface area contributed by atoms with Crippen LogP contribution in [0.2, 0.25) is 0 Å². The van der Waals surface area contributed by atoms with E-state index in [0.717, 1.165) is 0 Å². The van der Waals surface area contributed by atoms with Crippen LogP contribution >= 0.6 is 0 Å². The van der Waals surface area contributed by atoms with Crippen molar-refractivity contribution in [3.8, 4) is 5.88 Å². The van der Waals surface area contributed by atoms with Gasteiger partial charge in [-0.25, -0.2) is 4.98 Å². The second-order valence-electron chi connectivity index (χ2n) is 4.67. The predicted octanol–water partition coefficient (Wildman–Crippen LogP) is 2.45. The third-order valence-corrected chi connectivity index (χ3v) is 2.44. The van der Waals surface area contributed by atoms with Crippen molar-refractivity contribution in [3.63, 3.8) is 0 Å². The molecule has 0 radical (unpaired) electrons. The van der Waals surface area contributed by atoms with Crippen LogP contribution in [0.5, 0.6) is 5.88 Å². The summed E-state index contributed by atoms with van der Waals surface area (Å²) in [6, 6.07) is 3.44. The van der Waals surface area contributed by atoms with Crippen molar-refractivity contribution in [2.75, 3.05) is 5.32 Å². The fourth-order valence-electron chi connectivity index (χ4n) is 1.58. The molecular weight excluding hydrogens is 260 g/mol. The molecule has 110 valence electrons. The highest BCUT2D eigenvalue weighted by molar-refractivity contribution is 5.91. The van der Waals surface area contributed by atoms with E-state index in [2.05, 4.69) is 10.3 Å². The van der Waals surface area contributed by atoms with Gasteiger partial charge in [-0.1, -0.05) is 0 Å². The van der Waals surface area contributed by atoms with Crippen LogP contribution in [0.25, 0.3) is 0 Å². The Hall–Kier alpha value is -2.11. The van der Waals surface area contributed by atoms with Gasteiger partial charge in [-0.2, -0.15) is 0 Å². The normalized spacial score (nSPS) is 10.3. The molecule has 0 aromatic carbocycles. The minimum atomic E-state index is -0.842. The zero-order valence-corrected chi connectivity index (χ0v) is 11.8. The molecule has 0 aliphatic heterocycles. The zero-order valence-electron chi connectivity index (χ0n) is 11.8. The number of nitrogens with one attached hydrogen (secondary N) is 1. The summed E-state index contributed by atoms with van der Waals surface area (Å²) in [5, 5.41) is 11.2. The van der Waals surface area contributed by atoms with E-state index in [-0.39, 0.29) is 24.9 Å². The second kappa shape index (κ2) is 8.14. The Morgan fingerprint density at radius 2 is 2.05 bits per heavy atom. The highest BCUT2D eigenvalue weighted by atomic mass is 16.5. The monoisotopic (exact) mass is 280 g/mol. The molecule has 1 amide bonds. The largest absolute Gasteiger partial charge is 0.481 e. The maximum Gasteiger partial charge on any atom is 0.303 e. The van der Waals surface area contributed by atoms with Crippen LogP contribution in [-0.2, 0) is 9.59 Å². The average Bonchev–Trinajstić information content (AvgIpc) is 2.36. The predicted molar refractivity (Wildman–Crippen MR) is 74.7 cm³/mol. The van der Waals surface area contributed by atoms with Crippen LogP contribution in [0.15, 0.2) is 18.3 Å². The molecule has 0 saturated carbocycles. The van der Waals surface area contributed by atoms with Gasteiger partial charge in [0.25, 0.3) is 0 Å². The molecule has 1 aromatic rings.